The Morgan fingerprint density at radius 2 is 1.72 bits per heavy atom. The van der Waals surface area contributed by atoms with Gasteiger partial charge in [0.15, 0.2) is 10.7 Å². The standard InChI is InChI=1S/C15H17F4N3O2S/c1-9-20-12(8-13(23)21-9)14(24)22-15(2,3)10-4-6-11(7-5-10)25(16,17,18)19/h4-8,25H,1-3H3,(H,22,24)(H,20,21,23). The van der Waals surface area contributed by atoms with Crippen LogP contribution in [0.25, 0.3) is 0 Å². The topological polar surface area (TPSA) is 74.8 Å². The smallest absolute Gasteiger partial charge is 0.270 e. The zero-order valence-electron chi connectivity index (χ0n) is 13.6. The molecule has 2 aromatic rings. The van der Waals surface area contributed by atoms with Crippen LogP contribution in [0.4, 0.5) is 15.5 Å². The highest BCUT2D eigenvalue weighted by molar-refractivity contribution is 8.33. The molecule has 0 saturated heterocycles. The van der Waals surface area contributed by atoms with Crippen LogP contribution < -0.4 is 10.9 Å². The minimum absolute atomic E-state index is 0.115. The van der Waals surface area contributed by atoms with Gasteiger partial charge in [0.1, 0.15) is 11.5 Å². The summed E-state index contributed by atoms with van der Waals surface area (Å²) in [6.45, 7) is 4.64. The Bertz CT molecular complexity index is 864. The Hall–Kier alpha value is -2.36. The number of hydrogen-bond acceptors (Lipinski definition) is 3. The van der Waals surface area contributed by atoms with Gasteiger partial charge >= 0.3 is 0 Å². The number of nitrogens with zero attached hydrogens (tertiary/aromatic N) is 1. The van der Waals surface area contributed by atoms with Gasteiger partial charge in [-0.1, -0.05) is 12.1 Å². The molecular weight excluding hydrogens is 362 g/mol. The van der Waals surface area contributed by atoms with Crippen molar-refractivity contribution in [3.63, 3.8) is 0 Å². The molecule has 1 aromatic carbocycles. The summed E-state index contributed by atoms with van der Waals surface area (Å²) in [7, 11) is -7.82. The Morgan fingerprint density at radius 1 is 1.16 bits per heavy atom. The number of rotatable bonds is 4. The maximum atomic E-state index is 12.8. The Morgan fingerprint density at radius 3 is 2.20 bits per heavy atom. The lowest BCUT2D eigenvalue weighted by Gasteiger charge is -2.31. The summed E-state index contributed by atoms with van der Waals surface area (Å²) in [6.07, 6.45) is 0. The largest absolute Gasteiger partial charge is 0.342 e. The van der Waals surface area contributed by atoms with Gasteiger partial charge in [0, 0.05) is 6.07 Å². The first-order valence-electron chi connectivity index (χ1n) is 7.15. The molecule has 1 amide bonds. The molecule has 5 nitrogen and oxygen atoms in total. The van der Waals surface area contributed by atoms with Gasteiger partial charge in [0.05, 0.1) is 10.4 Å². The number of aromatic amines is 1. The third-order valence-electron chi connectivity index (χ3n) is 3.50. The van der Waals surface area contributed by atoms with E-state index in [4.69, 9.17) is 0 Å². The van der Waals surface area contributed by atoms with Crippen molar-refractivity contribution in [1.29, 1.82) is 0 Å². The predicted octanol–water partition coefficient (Wildman–Crippen LogP) is 3.71. The number of nitrogens with one attached hydrogen (secondary N) is 2. The fourth-order valence-electron chi connectivity index (χ4n) is 2.22. The first-order valence-corrected chi connectivity index (χ1v) is 8.95. The van der Waals surface area contributed by atoms with Gasteiger partial charge in [-0.25, -0.2) is 4.98 Å². The molecule has 0 radical (unpaired) electrons. The van der Waals surface area contributed by atoms with Crippen molar-refractivity contribution in [2.75, 3.05) is 0 Å². The minimum Gasteiger partial charge on any atom is -0.342 e. The summed E-state index contributed by atoms with van der Waals surface area (Å²) in [4.78, 5) is 28.6. The molecule has 2 N–H and O–H groups in total. The van der Waals surface area contributed by atoms with Crippen molar-refractivity contribution in [1.82, 2.24) is 15.3 Å². The third-order valence-corrected chi connectivity index (χ3v) is 4.58. The normalized spacial score (nSPS) is 13.8. The number of H-pyrrole nitrogens is 1. The number of carbonyl (C=O) groups excluding carboxylic acids is 1. The van der Waals surface area contributed by atoms with Crippen LogP contribution >= 0.6 is 10.7 Å². The van der Waals surface area contributed by atoms with Gasteiger partial charge in [-0.05, 0) is 38.5 Å². The first-order chi connectivity index (χ1) is 11.2. The van der Waals surface area contributed by atoms with Gasteiger partial charge in [-0.2, -0.15) is 0 Å². The highest BCUT2D eigenvalue weighted by atomic mass is 32.4. The summed E-state index contributed by atoms with van der Waals surface area (Å²) >= 11 is 0. The lowest BCUT2D eigenvalue weighted by molar-refractivity contribution is 0.0906. The summed E-state index contributed by atoms with van der Waals surface area (Å²) in [5.41, 5.74) is -1.34. The van der Waals surface area contributed by atoms with Crippen LogP contribution in [0.5, 0.6) is 0 Å². The average molecular weight is 379 g/mol. The van der Waals surface area contributed by atoms with Crippen molar-refractivity contribution in [3.8, 4) is 0 Å². The maximum absolute atomic E-state index is 12.8. The van der Waals surface area contributed by atoms with E-state index in [9.17, 15) is 25.1 Å². The summed E-state index contributed by atoms with van der Waals surface area (Å²) < 4.78 is 51.1. The molecule has 0 aliphatic carbocycles. The SMILES string of the molecule is Cc1nc(C(=O)NC(C)(C)c2ccc([SH](F)(F)(F)F)cc2)cc(=O)[nH]1. The Labute approximate surface area is 141 Å². The van der Waals surface area contributed by atoms with Gasteiger partial charge in [0.2, 0.25) is 0 Å². The fourth-order valence-corrected chi connectivity index (χ4v) is 2.82. The number of halogens is 4. The molecule has 2 rings (SSSR count). The molecule has 0 spiro atoms. The molecule has 0 unspecified atom stereocenters. The van der Waals surface area contributed by atoms with Crippen LogP contribution in [-0.2, 0) is 5.54 Å². The zero-order valence-corrected chi connectivity index (χ0v) is 14.5. The lowest BCUT2D eigenvalue weighted by Crippen LogP contribution is -2.41. The quantitative estimate of drug-likeness (QED) is 0.560. The highest BCUT2D eigenvalue weighted by Gasteiger charge is 2.39. The Kier molecular flexibility index (Phi) is 4.45. The second-order valence-electron chi connectivity index (χ2n) is 6.06. The van der Waals surface area contributed by atoms with Crippen LogP contribution in [0.15, 0.2) is 40.0 Å². The predicted molar refractivity (Wildman–Crippen MR) is 88.2 cm³/mol. The average Bonchev–Trinajstić information content (AvgIpc) is 2.44. The molecule has 0 atom stereocenters. The van der Waals surface area contributed by atoms with Crippen LogP contribution in [0.2, 0.25) is 0 Å². The molecule has 0 aliphatic heterocycles. The monoisotopic (exact) mass is 379 g/mol. The molecule has 1 heterocycles. The minimum atomic E-state index is -7.82. The van der Waals surface area contributed by atoms with Crippen LogP contribution in [0.1, 0.15) is 35.7 Å². The van der Waals surface area contributed by atoms with E-state index in [0.29, 0.717) is 17.7 Å². The number of benzene rings is 1. The number of aryl methyl sites for hydroxylation is 1. The zero-order chi connectivity index (χ0) is 19.1. The third kappa shape index (κ3) is 4.59. The lowest BCUT2D eigenvalue weighted by atomic mass is 9.94. The van der Waals surface area contributed by atoms with E-state index in [1.807, 2.05) is 0 Å². The number of aromatic nitrogens is 2. The molecule has 10 heteroatoms. The summed E-state index contributed by atoms with van der Waals surface area (Å²) in [6, 6.07) is 4.52. The van der Waals surface area contributed by atoms with Gasteiger partial charge in [-0.3, -0.25) is 9.59 Å². The fraction of sp³-hybridized carbons (Fsp3) is 0.267. The van der Waals surface area contributed by atoms with Crippen molar-refractivity contribution < 1.29 is 20.3 Å². The van der Waals surface area contributed by atoms with E-state index in [0.717, 1.165) is 18.2 Å². The number of hydrogen-bond donors (Lipinski definition) is 3. The van der Waals surface area contributed by atoms with E-state index in [1.165, 1.54) is 6.92 Å². The molecule has 138 valence electrons. The van der Waals surface area contributed by atoms with Crippen LogP contribution in [0, 0.1) is 6.92 Å². The van der Waals surface area contributed by atoms with E-state index >= 15 is 0 Å². The van der Waals surface area contributed by atoms with Crippen LogP contribution in [-0.4, -0.2) is 15.9 Å². The van der Waals surface area contributed by atoms with Gasteiger partial charge in [-0.15, -0.1) is 15.5 Å². The molecular formula is C15H17F4N3O2S. The second kappa shape index (κ2) is 5.87. The Balaban J connectivity index is 2.26. The second-order valence-corrected chi connectivity index (χ2v) is 8.02. The number of carbonyl (C=O) groups is 1. The molecule has 25 heavy (non-hydrogen) atoms. The molecule has 0 bridgehead atoms. The van der Waals surface area contributed by atoms with E-state index in [-0.39, 0.29) is 11.5 Å². The van der Waals surface area contributed by atoms with Crippen molar-refractivity contribution in [2.24, 2.45) is 0 Å². The van der Waals surface area contributed by atoms with Crippen molar-refractivity contribution in [2.45, 2.75) is 31.2 Å². The summed E-state index contributed by atoms with van der Waals surface area (Å²) in [5.74, 6) is -0.405. The van der Waals surface area contributed by atoms with E-state index < -0.39 is 32.6 Å². The molecule has 0 aliphatic rings. The van der Waals surface area contributed by atoms with Gasteiger partial charge < -0.3 is 10.3 Å². The molecule has 1 aromatic heterocycles. The first kappa shape index (κ1) is 19.0. The molecule has 0 fully saturated rings. The van der Waals surface area contributed by atoms with Gasteiger partial charge in [0.25, 0.3) is 11.5 Å². The van der Waals surface area contributed by atoms with Crippen molar-refractivity contribution >= 4 is 16.6 Å². The van der Waals surface area contributed by atoms with Crippen LogP contribution in [0.3, 0.4) is 0 Å². The maximum Gasteiger partial charge on any atom is 0.270 e. The summed E-state index contributed by atoms with van der Waals surface area (Å²) in [5, 5.41) is 2.59. The molecule has 0 saturated carbocycles. The highest BCUT2D eigenvalue weighted by Crippen LogP contribution is 2.81. The number of thiol groups is 1. The van der Waals surface area contributed by atoms with Crippen molar-refractivity contribution in [3.05, 3.63) is 57.8 Å². The van der Waals surface area contributed by atoms with E-state index in [2.05, 4.69) is 15.3 Å². The number of amides is 1. The van der Waals surface area contributed by atoms with E-state index in [1.54, 1.807) is 13.8 Å².